The van der Waals surface area contributed by atoms with Crippen LogP contribution in [-0.4, -0.2) is 79.7 Å². The van der Waals surface area contributed by atoms with Gasteiger partial charge in [-0.1, -0.05) is 18.2 Å². The minimum absolute atomic E-state index is 0.125. The molecule has 4 atom stereocenters. The number of nitrogens with two attached hydrogens (primary N) is 3. The number of amides is 5. The number of carbonyl (C=O) groups excluding carboxylic acids is 5. The lowest BCUT2D eigenvalue weighted by Crippen LogP contribution is -2.58. The van der Waals surface area contributed by atoms with Crippen molar-refractivity contribution in [2.45, 2.75) is 56.3 Å². The van der Waals surface area contributed by atoms with Crippen LogP contribution >= 0.6 is 0 Å². The van der Waals surface area contributed by atoms with Gasteiger partial charge < -0.3 is 48.2 Å². The van der Waals surface area contributed by atoms with Crippen LogP contribution < -0.4 is 33.2 Å². The van der Waals surface area contributed by atoms with E-state index in [2.05, 4.69) is 30.9 Å². The van der Waals surface area contributed by atoms with E-state index in [-0.39, 0.29) is 25.7 Å². The van der Waals surface area contributed by atoms with E-state index in [0.29, 0.717) is 5.69 Å². The molecule has 0 aliphatic heterocycles. The number of fused-ring (bicyclic) bond motifs is 1. The number of aromatic nitrogens is 3. The summed E-state index contributed by atoms with van der Waals surface area (Å²) >= 11 is 0. The maximum Gasteiger partial charge on any atom is 0.326 e. The van der Waals surface area contributed by atoms with Crippen LogP contribution in [0.15, 0.2) is 43.0 Å². The molecule has 0 saturated carbocycles. The van der Waals surface area contributed by atoms with Crippen molar-refractivity contribution >= 4 is 46.4 Å². The molecule has 1 aromatic carbocycles. The highest BCUT2D eigenvalue weighted by Crippen LogP contribution is 2.19. The minimum atomic E-state index is -1.59. The Morgan fingerprint density at radius 1 is 0.857 bits per heavy atom. The van der Waals surface area contributed by atoms with Gasteiger partial charge in [0.25, 0.3) is 0 Å². The number of hydrogen-bond acceptors (Lipinski definition) is 8. The van der Waals surface area contributed by atoms with Crippen molar-refractivity contribution in [3.8, 4) is 0 Å². The Morgan fingerprint density at radius 2 is 1.52 bits per heavy atom. The summed E-state index contributed by atoms with van der Waals surface area (Å²) in [6.07, 6.45) is 3.18. The third-order valence-corrected chi connectivity index (χ3v) is 6.40. The molecule has 4 unspecified atom stereocenters. The lowest BCUT2D eigenvalue weighted by Gasteiger charge is -2.24. The maximum atomic E-state index is 13.2. The molecular weight excluding hydrogens is 550 g/mol. The van der Waals surface area contributed by atoms with Crippen LogP contribution in [0.2, 0.25) is 0 Å². The van der Waals surface area contributed by atoms with Gasteiger partial charge in [-0.2, -0.15) is 0 Å². The van der Waals surface area contributed by atoms with Crippen LogP contribution in [0.5, 0.6) is 0 Å². The standard InChI is InChI=1S/C26H33N9O7/c27-16(7-13-10-31-17-4-2-1-3-15(13)17)23(38)33-18(5-6-21(28)36)24(39)34-19(9-22(29)37)25(40)35-20(26(41)42)8-14-11-30-12-32-14/h1-4,10-12,16,18-20,31H,5-9,27H2,(H2,28,36)(H2,29,37)(H,30,32)(H,33,38)(H,34,39)(H,35,40)(H,41,42). The zero-order valence-corrected chi connectivity index (χ0v) is 22.5. The van der Waals surface area contributed by atoms with Gasteiger partial charge in [0.15, 0.2) is 0 Å². The van der Waals surface area contributed by atoms with Crippen LogP contribution in [-0.2, 0) is 41.6 Å². The first-order chi connectivity index (χ1) is 19.9. The molecule has 0 aliphatic carbocycles. The third kappa shape index (κ3) is 8.88. The summed E-state index contributed by atoms with van der Waals surface area (Å²) in [7, 11) is 0. The van der Waals surface area contributed by atoms with Crippen molar-refractivity contribution in [3.05, 3.63) is 54.2 Å². The van der Waals surface area contributed by atoms with Gasteiger partial charge in [0.1, 0.15) is 18.1 Å². The number of rotatable bonds is 16. The van der Waals surface area contributed by atoms with Crippen molar-refractivity contribution < 1.29 is 33.9 Å². The molecule has 3 aromatic rings. The molecule has 0 fully saturated rings. The summed E-state index contributed by atoms with van der Waals surface area (Å²) in [5.74, 6) is -5.76. The zero-order valence-electron chi connectivity index (χ0n) is 22.5. The van der Waals surface area contributed by atoms with E-state index in [0.717, 1.165) is 16.5 Å². The second kappa shape index (κ2) is 14.4. The number of carboxylic acids is 1. The summed E-state index contributed by atoms with van der Waals surface area (Å²) < 4.78 is 0. The van der Waals surface area contributed by atoms with Crippen LogP contribution in [0.3, 0.4) is 0 Å². The van der Waals surface area contributed by atoms with Crippen molar-refractivity contribution in [3.63, 3.8) is 0 Å². The summed E-state index contributed by atoms with van der Waals surface area (Å²) in [4.78, 5) is 83.5. The molecule has 0 saturated heterocycles. The van der Waals surface area contributed by atoms with Crippen LogP contribution in [0.4, 0.5) is 0 Å². The quantitative estimate of drug-likeness (QED) is 0.0874. The number of aliphatic carboxylic acids is 1. The Hall–Kier alpha value is -5.25. The molecule has 16 nitrogen and oxygen atoms in total. The average molecular weight is 584 g/mol. The third-order valence-electron chi connectivity index (χ3n) is 6.40. The Kier molecular flexibility index (Phi) is 10.7. The highest BCUT2D eigenvalue weighted by atomic mass is 16.4. The number of H-pyrrole nitrogens is 2. The summed E-state index contributed by atoms with van der Waals surface area (Å²) in [6.45, 7) is 0. The Morgan fingerprint density at radius 3 is 2.17 bits per heavy atom. The number of nitrogens with one attached hydrogen (secondary N) is 5. The van der Waals surface area contributed by atoms with E-state index >= 15 is 0 Å². The predicted molar refractivity (Wildman–Crippen MR) is 148 cm³/mol. The van der Waals surface area contributed by atoms with E-state index in [4.69, 9.17) is 17.2 Å². The Bertz CT molecular complexity index is 1440. The van der Waals surface area contributed by atoms with E-state index in [1.807, 2.05) is 24.3 Å². The van der Waals surface area contributed by atoms with E-state index < -0.39 is 66.1 Å². The van der Waals surface area contributed by atoms with Gasteiger partial charge in [0.2, 0.25) is 29.5 Å². The molecule has 16 heteroatoms. The lowest BCUT2D eigenvalue weighted by molar-refractivity contribution is -0.142. The first kappa shape index (κ1) is 31.3. The molecule has 12 N–H and O–H groups in total. The van der Waals surface area contributed by atoms with E-state index in [9.17, 15) is 33.9 Å². The topological polar surface area (TPSA) is 281 Å². The number of imidazole rings is 1. The monoisotopic (exact) mass is 583 g/mol. The molecule has 2 heterocycles. The zero-order chi connectivity index (χ0) is 30.8. The van der Waals surface area contributed by atoms with Gasteiger partial charge in [-0.15, -0.1) is 0 Å². The first-order valence-electron chi connectivity index (χ1n) is 12.9. The van der Waals surface area contributed by atoms with Gasteiger partial charge in [-0.05, 0) is 24.5 Å². The molecule has 0 radical (unpaired) electrons. The summed E-state index contributed by atoms with van der Waals surface area (Å²) in [5, 5.41) is 17.5. The number of benzene rings is 1. The fourth-order valence-corrected chi connectivity index (χ4v) is 4.24. The minimum Gasteiger partial charge on any atom is -0.480 e. The Labute approximate surface area is 239 Å². The lowest BCUT2D eigenvalue weighted by atomic mass is 10.0. The largest absolute Gasteiger partial charge is 0.480 e. The summed E-state index contributed by atoms with van der Waals surface area (Å²) in [6, 6.07) is 1.93. The fraction of sp³-hybridized carbons (Fsp3) is 0.346. The number of carbonyl (C=O) groups is 6. The molecule has 0 aliphatic rings. The van der Waals surface area contributed by atoms with Crippen molar-refractivity contribution in [2.75, 3.05) is 0 Å². The van der Waals surface area contributed by atoms with E-state index in [1.54, 1.807) is 6.20 Å². The van der Waals surface area contributed by atoms with Gasteiger partial charge in [-0.25, -0.2) is 9.78 Å². The molecule has 0 bridgehead atoms. The summed E-state index contributed by atoms with van der Waals surface area (Å²) in [5.41, 5.74) is 18.6. The van der Waals surface area contributed by atoms with Gasteiger partial charge in [-0.3, -0.25) is 24.0 Å². The van der Waals surface area contributed by atoms with E-state index in [1.165, 1.54) is 12.5 Å². The molecule has 5 amide bonds. The Balaban J connectivity index is 1.71. The normalized spacial score (nSPS) is 13.8. The van der Waals surface area contributed by atoms with Crippen molar-refractivity contribution in [2.24, 2.45) is 17.2 Å². The first-order valence-corrected chi connectivity index (χ1v) is 12.9. The van der Waals surface area contributed by atoms with Gasteiger partial charge in [0.05, 0.1) is 18.8 Å². The van der Waals surface area contributed by atoms with Crippen molar-refractivity contribution in [1.82, 2.24) is 30.9 Å². The second-order valence-corrected chi connectivity index (χ2v) is 9.65. The highest BCUT2D eigenvalue weighted by molar-refractivity contribution is 5.96. The molecular formula is C26H33N9O7. The molecule has 3 rings (SSSR count). The number of para-hydroxylation sites is 1. The number of nitrogens with zero attached hydrogens (tertiary/aromatic N) is 1. The molecule has 0 spiro atoms. The number of carboxylic acid groups (broad SMARTS) is 1. The van der Waals surface area contributed by atoms with Gasteiger partial charge in [0, 0.05) is 41.8 Å². The van der Waals surface area contributed by atoms with Crippen LogP contribution in [0, 0.1) is 0 Å². The predicted octanol–water partition coefficient (Wildman–Crippen LogP) is -2.32. The number of aromatic amines is 2. The average Bonchev–Trinajstić information content (AvgIpc) is 3.59. The maximum absolute atomic E-state index is 13.2. The fourth-order valence-electron chi connectivity index (χ4n) is 4.24. The van der Waals surface area contributed by atoms with Crippen LogP contribution in [0.1, 0.15) is 30.5 Å². The SMILES string of the molecule is NC(=O)CCC(NC(=O)C(N)Cc1c[nH]c2ccccc12)C(=O)NC(CC(N)=O)C(=O)NC(Cc1cnc[nH]1)C(=O)O. The second-order valence-electron chi connectivity index (χ2n) is 9.65. The molecule has 2 aromatic heterocycles. The smallest absolute Gasteiger partial charge is 0.326 e. The van der Waals surface area contributed by atoms with Gasteiger partial charge >= 0.3 is 5.97 Å². The highest BCUT2D eigenvalue weighted by Gasteiger charge is 2.32. The molecule has 42 heavy (non-hydrogen) atoms. The number of hydrogen-bond donors (Lipinski definition) is 9. The van der Waals surface area contributed by atoms with Crippen molar-refractivity contribution in [1.29, 1.82) is 0 Å². The number of primary amides is 2. The van der Waals surface area contributed by atoms with Crippen LogP contribution in [0.25, 0.3) is 10.9 Å². The molecule has 224 valence electrons.